The maximum atomic E-state index is 12.9. The molecule has 7 heteroatoms. The van der Waals surface area contributed by atoms with Gasteiger partial charge in [0.25, 0.3) is 5.91 Å². The predicted molar refractivity (Wildman–Crippen MR) is 93.5 cm³/mol. The number of hydrogen-bond acceptors (Lipinski definition) is 3. The van der Waals surface area contributed by atoms with Gasteiger partial charge in [-0.2, -0.15) is 13.2 Å². The van der Waals surface area contributed by atoms with E-state index in [9.17, 15) is 18.0 Å². The smallest absolute Gasteiger partial charge is 0.268 e. The molecule has 0 radical (unpaired) electrons. The van der Waals surface area contributed by atoms with Crippen LogP contribution in [0.5, 0.6) is 0 Å². The summed E-state index contributed by atoms with van der Waals surface area (Å²) in [5, 5.41) is 0. The maximum Gasteiger partial charge on any atom is 0.416 e. The number of anilines is 1. The highest BCUT2D eigenvalue weighted by molar-refractivity contribution is 8.27. The molecule has 1 aliphatic heterocycles. The second-order valence-electron chi connectivity index (χ2n) is 4.98. The number of hydrogen-bond donors (Lipinski definition) is 0. The topological polar surface area (TPSA) is 20.3 Å². The van der Waals surface area contributed by atoms with Crippen molar-refractivity contribution >= 4 is 46.0 Å². The number of carbonyl (C=O) groups is 1. The van der Waals surface area contributed by atoms with Gasteiger partial charge in [0.15, 0.2) is 4.32 Å². The summed E-state index contributed by atoms with van der Waals surface area (Å²) in [6, 6.07) is 13.8. The molecule has 1 fully saturated rings. The van der Waals surface area contributed by atoms with Gasteiger partial charge in [-0.3, -0.25) is 9.69 Å². The second-order valence-corrected chi connectivity index (χ2v) is 6.65. The van der Waals surface area contributed by atoms with Crippen LogP contribution in [0.3, 0.4) is 0 Å². The fourth-order valence-electron chi connectivity index (χ4n) is 2.21. The van der Waals surface area contributed by atoms with Crippen LogP contribution in [-0.4, -0.2) is 10.2 Å². The summed E-state index contributed by atoms with van der Waals surface area (Å²) in [6.45, 7) is 0. The van der Waals surface area contributed by atoms with Crippen molar-refractivity contribution in [3.8, 4) is 0 Å². The molecule has 0 bridgehead atoms. The van der Waals surface area contributed by atoms with E-state index in [0.29, 0.717) is 4.91 Å². The first-order valence-electron chi connectivity index (χ1n) is 6.86. The third kappa shape index (κ3) is 3.37. The minimum absolute atomic E-state index is 0.115. The molecule has 0 aliphatic carbocycles. The molecule has 122 valence electrons. The Morgan fingerprint density at radius 2 is 1.75 bits per heavy atom. The van der Waals surface area contributed by atoms with E-state index in [0.717, 1.165) is 34.4 Å². The number of amides is 1. The van der Waals surface area contributed by atoms with Crippen molar-refractivity contribution in [1.29, 1.82) is 0 Å². The fourth-order valence-corrected chi connectivity index (χ4v) is 3.51. The molecular formula is C17H10F3NOS2. The number of rotatable bonds is 2. The van der Waals surface area contributed by atoms with Crippen molar-refractivity contribution in [2.45, 2.75) is 6.18 Å². The molecule has 24 heavy (non-hydrogen) atoms. The van der Waals surface area contributed by atoms with Crippen LogP contribution in [0.2, 0.25) is 0 Å². The zero-order valence-corrected chi connectivity index (χ0v) is 13.7. The zero-order valence-electron chi connectivity index (χ0n) is 12.1. The normalized spacial score (nSPS) is 17.0. The third-order valence-electron chi connectivity index (χ3n) is 3.32. The highest BCUT2D eigenvalue weighted by atomic mass is 32.2. The molecule has 0 unspecified atom stereocenters. The Kier molecular flexibility index (Phi) is 4.47. The maximum absolute atomic E-state index is 12.9. The Morgan fingerprint density at radius 3 is 2.42 bits per heavy atom. The molecule has 0 N–H and O–H groups in total. The molecule has 2 nitrogen and oxygen atoms in total. The zero-order chi connectivity index (χ0) is 17.3. The first-order chi connectivity index (χ1) is 11.4. The number of benzene rings is 2. The standard InChI is InChI=1S/C17H10F3NOS2/c18-17(19,20)12-7-4-8-13(10-12)21-15(22)14(24-16(21)23)9-11-5-2-1-3-6-11/h1-10H. The van der Waals surface area contributed by atoms with Crippen LogP contribution >= 0.6 is 24.0 Å². The first kappa shape index (κ1) is 16.7. The van der Waals surface area contributed by atoms with Crippen molar-refractivity contribution in [2.24, 2.45) is 0 Å². The molecule has 1 saturated heterocycles. The van der Waals surface area contributed by atoms with Crippen LogP contribution in [0.1, 0.15) is 11.1 Å². The van der Waals surface area contributed by atoms with E-state index in [4.69, 9.17) is 12.2 Å². The van der Waals surface area contributed by atoms with Gasteiger partial charge in [0, 0.05) is 0 Å². The molecule has 3 rings (SSSR count). The number of halogens is 3. The van der Waals surface area contributed by atoms with E-state index >= 15 is 0 Å². The van der Waals surface area contributed by atoms with Gasteiger partial charge in [0.2, 0.25) is 0 Å². The largest absolute Gasteiger partial charge is 0.416 e. The van der Waals surface area contributed by atoms with Crippen LogP contribution in [0.15, 0.2) is 59.5 Å². The van der Waals surface area contributed by atoms with Crippen molar-refractivity contribution in [1.82, 2.24) is 0 Å². The summed E-state index contributed by atoms with van der Waals surface area (Å²) < 4.78 is 38.8. The van der Waals surface area contributed by atoms with E-state index in [1.807, 2.05) is 30.3 Å². The average molecular weight is 365 g/mol. The lowest BCUT2D eigenvalue weighted by Crippen LogP contribution is -2.27. The lowest BCUT2D eigenvalue weighted by molar-refractivity contribution is -0.137. The van der Waals surface area contributed by atoms with Gasteiger partial charge in [-0.15, -0.1) is 0 Å². The summed E-state index contributed by atoms with van der Waals surface area (Å²) in [5.74, 6) is -0.423. The number of alkyl halides is 3. The van der Waals surface area contributed by atoms with E-state index in [1.165, 1.54) is 12.1 Å². The van der Waals surface area contributed by atoms with Gasteiger partial charge in [-0.25, -0.2) is 0 Å². The summed E-state index contributed by atoms with van der Waals surface area (Å²) in [5.41, 5.74) is 0.118. The summed E-state index contributed by atoms with van der Waals surface area (Å²) >= 11 is 6.25. The Balaban J connectivity index is 1.94. The Hall–Kier alpha value is -2.12. The molecule has 0 aromatic heterocycles. The molecule has 0 atom stereocenters. The van der Waals surface area contributed by atoms with Crippen molar-refractivity contribution < 1.29 is 18.0 Å². The van der Waals surface area contributed by atoms with Crippen molar-refractivity contribution in [3.05, 3.63) is 70.6 Å². The molecular weight excluding hydrogens is 355 g/mol. The van der Waals surface area contributed by atoms with Crippen LogP contribution in [-0.2, 0) is 11.0 Å². The highest BCUT2D eigenvalue weighted by Crippen LogP contribution is 2.38. The number of thioether (sulfide) groups is 1. The van der Waals surface area contributed by atoms with E-state index < -0.39 is 17.6 Å². The third-order valence-corrected chi connectivity index (χ3v) is 4.62. The van der Waals surface area contributed by atoms with Crippen molar-refractivity contribution in [2.75, 3.05) is 4.90 Å². The van der Waals surface area contributed by atoms with Crippen LogP contribution in [0.4, 0.5) is 18.9 Å². The molecule has 0 spiro atoms. The molecule has 1 heterocycles. The minimum atomic E-state index is -4.48. The van der Waals surface area contributed by atoms with Gasteiger partial charge >= 0.3 is 6.18 Å². The SMILES string of the molecule is O=C1C(=Cc2ccccc2)SC(=S)N1c1cccc(C(F)(F)F)c1. The second kappa shape index (κ2) is 6.41. The Morgan fingerprint density at radius 1 is 1.04 bits per heavy atom. The number of thiocarbonyl (C=S) groups is 1. The first-order valence-corrected chi connectivity index (χ1v) is 8.09. The molecule has 2 aromatic carbocycles. The quantitative estimate of drug-likeness (QED) is 0.545. The molecule has 2 aromatic rings. The highest BCUT2D eigenvalue weighted by Gasteiger charge is 2.35. The summed E-state index contributed by atoms with van der Waals surface area (Å²) in [7, 11) is 0. The average Bonchev–Trinajstić information content (AvgIpc) is 2.82. The van der Waals surface area contributed by atoms with Gasteiger partial charge in [0.1, 0.15) is 0 Å². The molecule has 0 saturated carbocycles. The van der Waals surface area contributed by atoms with E-state index in [2.05, 4.69) is 0 Å². The van der Waals surface area contributed by atoms with Crippen molar-refractivity contribution in [3.63, 3.8) is 0 Å². The Labute approximate surface area is 146 Å². The lowest BCUT2D eigenvalue weighted by atomic mass is 10.1. The molecule has 1 aliphatic rings. The van der Waals surface area contributed by atoms with E-state index in [1.54, 1.807) is 6.08 Å². The summed E-state index contributed by atoms with van der Waals surface area (Å²) in [6.07, 6.45) is -2.80. The molecule has 1 amide bonds. The predicted octanol–water partition coefficient (Wildman–Crippen LogP) is 5.11. The van der Waals surface area contributed by atoms with Gasteiger partial charge < -0.3 is 0 Å². The number of nitrogens with zero attached hydrogens (tertiary/aromatic N) is 1. The van der Waals surface area contributed by atoms with E-state index in [-0.39, 0.29) is 10.0 Å². The van der Waals surface area contributed by atoms with Crippen LogP contribution in [0, 0.1) is 0 Å². The van der Waals surface area contributed by atoms with Crippen LogP contribution < -0.4 is 4.90 Å². The monoisotopic (exact) mass is 365 g/mol. The van der Waals surface area contributed by atoms with Gasteiger partial charge in [0.05, 0.1) is 16.2 Å². The lowest BCUT2D eigenvalue weighted by Gasteiger charge is -2.16. The van der Waals surface area contributed by atoms with Gasteiger partial charge in [-0.05, 0) is 29.8 Å². The minimum Gasteiger partial charge on any atom is -0.268 e. The van der Waals surface area contributed by atoms with Gasteiger partial charge in [-0.1, -0.05) is 60.4 Å². The Bertz CT molecular complexity index is 831. The number of carbonyl (C=O) groups excluding carboxylic acids is 1. The fraction of sp³-hybridized carbons (Fsp3) is 0.0588. The van der Waals surface area contributed by atoms with Crippen LogP contribution in [0.25, 0.3) is 6.08 Å². The summed E-state index contributed by atoms with van der Waals surface area (Å²) in [4.78, 5) is 14.1.